The molecule has 0 radical (unpaired) electrons. The summed E-state index contributed by atoms with van der Waals surface area (Å²) in [7, 11) is 0. The minimum Gasteiger partial charge on any atom is -0.373 e. The fourth-order valence-corrected chi connectivity index (χ4v) is 4.22. The molecule has 2 N–H and O–H groups in total. The Morgan fingerprint density at radius 1 is 1.07 bits per heavy atom. The van der Waals surface area contributed by atoms with Crippen LogP contribution in [-0.4, -0.2) is 61.2 Å². The van der Waals surface area contributed by atoms with Gasteiger partial charge in [0.2, 0.25) is 0 Å². The molecule has 150 valence electrons. The van der Waals surface area contributed by atoms with Gasteiger partial charge in [-0.25, -0.2) is 14.8 Å². The average molecular weight is 392 g/mol. The van der Waals surface area contributed by atoms with E-state index in [9.17, 15) is 4.79 Å². The summed E-state index contributed by atoms with van der Waals surface area (Å²) in [5, 5.41) is 1.05. The van der Waals surface area contributed by atoms with Crippen LogP contribution < -0.4 is 5.69 Å². The average Bonchev–Trinajstić information content (AvgIpc) is 3.28. The number of hydrogen-bond acceptors (Lipinski definition) is 5. The Morgan fingerprint density at radius 2 is 1.79 bits per heavy atom. The molecule has 0 aromatic carbocycles. The Balaban J connectivity index is 1.45. The van der Waals surface area contributed by atoms with Crippen LogP contribution in [0.2, 0.25) is 0 Å². The van der Waals surface area contributed by atoms with Gasteiger partial charge in [0.1, 0.15) is 5.65 Å². The van der Waals surface area contributed by atoms with Crippen molar-refractivity contribution in [3.05, 3.63) is 47.3 Å². The fraction of sp³-hybridized carbons (Fsp3) is 0.381. The van der Waals surface area contributed by atoms with Crippen molar-refractivity contribution < 1.29 is 4.74 Å². The van der Waals surface area contributed by atoms with Crippen molar-refractivity contribution in [2.75, 3.05) is 19.6 Å². The van der Waals surface area contributed by atoms with Gasteiger partial charge >= 0.3 is 5.69 Å². The van der Waals surface area contributed by atoms with Gasteiger partial charge in [0.25, 0.3) is 0 Å². The number of rotatable bonds is 4. The first-order valence-electron chi connectivity index (χ1n) is 9.97. The van der Waals surface area contributed by atoms with Crippen molar-refractivity contribution in [3.8, 4) is 11.1 Å². The summed E-state index contributed by atoms with van der Waals surface area (Å²) in [4.78, 5) is 29.8. The third-order valence-corrected chi connectivity index (χ3v) is 5.50. The zero-order chi connectivity index (χ0) is 20.0. The molecule has 4 aromatic rings. The van der Waals surface area contributed by atoms with E-state index in [1.165, 1.54) is 0 Å². The monoisotopic (exact) mass is 392 g/mol. The van der Waals surface area contributed by atoms with E-state index in [4.69, 9.17) is 4.74 Å². The van der Waals surface area contributed by atoms with Crippen LogP contribution in [0.5, 0.6) is 0 Å². The van der Waals surface area contributed by atoms with Crippen LogP contribution in [0.15, 0.2) is 41.6 Å². The summed E-state index contributed by atoms with van der Waals surface area (Å²) >= 11 is 0. The first kappa shape index (κ1) is 18.1. The maximum absolute atomic E-state index is 12.5. The molecule has 0 saturated carbocycles. The molecule has 1 fully saturated rings. The maximum Gasteiger partial charge on any atom is 0.327 e. The van der Waals surface area contributed by atoms with E-state index in [-0.39, 0.29) is 17.9 Å². The third-order valence-electron chi connectivity index (χ3n) is 5.50. The van der Waals surface area contributed by atoms with Gasteiger partial charge in [-0.15, -0.1) is 0 Å². The van der Waals surface area contributed by atoms with Crippen LogP contribution in [0.1, 0.15) is 13.8 Å². The van der Waals surface area contributed by atoms with Crippen molar-refractivity contribution in [1.29, 1.82) is 0 Å². The number of morpholine rings is 1. The Hall–Kier alpha value is -2.97. The van der Waals surface area contributed by atoms with E-state index in [2.05, 4.69) is 44.7 Å². The highest BCUT2D eigenvalue weighted by atomic mass is 16.5. The largest absolute Gasteiger partial charge is 0.373 e. The molecule has 1 aliphatic heterocycles. The predicted octanol–water partition coefficient (Wildman–Crippen LogP) is 2.38. The van der Waals surface area contributed by atoms with Crippen LogP contribution in [-0.2, 0) is 11.3 Å². The second-order valence-corrected chi connectivity index (χ2v) is 7.83. The molecule has 2 unspecified atom stereocenters. The number of imidazole rings is 1. The van der Waals surface area contributed by atoms with Crippen molar-refractivity contribution in [2.45, 2.75) is 32.6 Å². The van der Waals surface area contributed by atoms with Crippen LogP contribution in [0.3, 0.4) is 0 Å². The molecule has 5 heterocycles. The standard InChI is InChI=1S/C21H24N6O2/c1-13-11-26(12-14(2)29-13)5-6-27-18-8-17(10-24-20(18)25-21(27)28)16-7-15-3-4-22-19(15)23-9-16/h3-4,7-10,13-14H,5-6,11-12H2,1-2H3,(H,22,23)(H,24,25,28). The lowest BCUT2D eigenvalue weighted by Gasteiger charge is -2.35. The molecule has 1 saturated heterocycles. The lowest BCUT2D eigenvalue weighted by Crippen LogP contribution is -2.46. The minimum atomic E-state index is -0.127. The fourth-order valence-electron chi connectivity index (χ4n) is 4.22. The van der Waals surface area contributed by atoms with E-state index >= 15 is 0 Å². The van der Waals surface area contributed by atoms with E-state index in [1.807, 2.05) is 24.5 Å². The van der Waals surface area contributed by atoms with Crippen molar-refractivity contribution in [3.63, 3.8) is 0 Å². The summed E-state index contributed by atoms with van der Waals surface area (Å²) in [5.74, 6) is 0. The van der Waals surface area contributed by atoms with Crippen LogP contribution in [0.25, 0.3) is 33.3 Å². The zero-order valence-electron chi connectivity index (χ0n) is 16.6. The third kappa shape index (κ3) is 3.45. The highest BCUT2D eigenvalue weighted by molar-refractivity contribution is 5.84. The highest BCUT2D eigenvalue weighted by Crippen LogP contribution is 2.24. The van der Waals surface area contributed by atoms with E-state index in [0.717, 1.165) is 47.3 Å². The predicted molar refractivity (Wildman–Crippen MR) is 112 cm³/mol. The number of pyridine rings is 2. The van der Waals surface area contributed by atoms with Gasteiger partial charge < -0.3 is 9.72 Å². The van der Waals surface area contributed by atoms with Gasteiger partial charge in [-0.1, -0.05) is 0 Å². The molecule has 8 heteroatoms. The second kappa shape index (κ2) is 7.13. The van der Waals surface area contributed by atoms with Gasteiger partial charge in [-0.05, 0) is 32.0 Å². The molecule has 8 nitrogen and oxygen atoms in total. The highest BCUT2D eigenvalue weighted by Gasteiger charge is 2.22. The van der Waals surface area contributed by atoms with Crippen LogP contribution in [0.4, 0.5) is 0 Å². The summed E-state index contributed by atoms with van der Waals surface area (Å²) < 4.78 is 7.58. The summed E-state index contributed by atoms with van der Waals surface area (Å²) in [6.07, 6.45) is 5.90. The molecular weight excluding hydrogens is 368 g/mol. The molecular formula is C21H24N6O2. The molecule has 29 heavy (non-hydrogen) atoms. The molecule has 5 rings (SSSR count). The van der Waals surface area contributed by atoms with E-state index in [1.54, 1.807) is 10.8 Å². The number of fused-ring (bicyclic) bond motifs is 2. The van der Waals surface area contributed by atoms with E-state index < -0.39 is 0 Å². The number of hydrogen-bond donors (Lipinski definition) is 2. The molecule has 2 atom stereocenters. The smallest absolute Gasteiger partial charge is 0.327 e. The molecule has 4 aromatic heterocycles. The number of aromatic nitrogens is 5. The van der Waals surface area contributed by atoms with Crippen molar-refractivity contribution >= 4 is 22.2 Å². The van der Waals surface area contributed by atoms with Gasteiger partial charge in [0, 0.05) is 61.3 Å². The Labute approximate surface area is 167 Å². The molecule has 1 aliphatic rings. The van der Waals surface area contributed by atoms with Gasteiger partial charge in [-0.3, -0.25) is 14.5 Å². The summed E-state index contributed by atoms with van der Waals surface area (Å²) in [6.45, 7) is 7.35. The Kier molecular flexibility index (Phi) is 4.44. The van der Waals surface area contributed by atoms with Crippen LogP contribution >= 0.6 is 0 Å². The number of nitrogens with zero attached hydrogens (tertiary/aromatic N) is 4. The summed E-state index contributed by atoms with van der Waals surface area (Å²) in [6, 6.07) is 6.09. The molecule has 0 aliphatic carbocycles. The van der Waals surface area contributed by atoms with Gasteiger partial charge in [-0.2, -0.15) is 0 Å². The lowest BCUT2D eigenvalue weighted by molar-refractivity contribution is -0.0685. The molecule has 0 spiro atoms. The lowest BCUT2D eigenvalue weighted by atomic mass is 10.1. The number of ether oxygens (including phenoxy) is 1. The van der Waals surface area contributed by atoms with E-state index in [0.29, 0.717) is 12.2 Å². The first-order valence-corrected chi connectivity index (χ1v) is 9.97. The Bertz CT molecular complexity index is 1210. The summed E-state index contributed by atoms with van der Waals surface area (Å²) in [5.41, 5.74) is 4.07. The van der Waals surface area contributed by atoms with Gasteiger partial charge in [0.15, 0.2) is 5.65 Å². The normalized spacial score (nSPS) is 20.6. The second-order valence-electron chi connectivity index (χ2n) is 7.83. The topological polar surface area (TPSA) is 91.8 Å². The van der Waals surface area contributed by atoms with Crippen LogP contribution in [0, 0.1) is 0 Å². The SMILES string of the molecule is CC1CN(CCn2c(=O)[nH]c3ncc(-c4cnc5[nH]ccc5c4)cc32)CC(C)O1. The molecule has 0 bridgehead atoms. The number of H-pyrrole nitrogens is 2. The zero-order valence-corrected chi connectivity index (χ0v) is 16.6. The maximum atomic E-state index is 12.5. The van der Waals surface area contributed by atoms with Crippen molar-refractivity contribution in [1.82, 2.24) is 29.4 Å². The minimum absolute atomic E-state index is 0.127. The Morgan fingerprint density at radius 3 is 2.59 bits per heavy atom. The quantitative estimate of drug-likeness (QED) is 0.556. The first-order chi connectivity index (χ1) is 14.1. The number of nitrogens with one attached hydrogen (secondary N) is 2. The molecule has 0 amide bonds. The van der Waals surface area contributed by atoms with Gasteiger partial charge in [0.05, 0.1) is 17.7 Å². The van der Waals surface area contributed by atoms with Crippen molar-refractivity contribution in [2.24, 2.45) is 0 Å². The number of aromatic amines is 2.